The fourth-order valence-corrected chi connectivity index (χ4v) is 1.98. The van der Waals surface area contributed by atoms with Crippen molar-refractivity contribution in [1.82, 2.24) is 0 Å². The number of unbranched alkanes of at least 4 members (excludes halogenated alkanes) is 1. The molecule has 0 rings (SSSR count). The first-order valence-corrected chi connectivity index (χ1v) is 8.15. The molecule has 134 valence electrons. The summed E-state index contributed by atoms with van der Waals surface area (Å²) >= 11 is 0. The molecule has 0 bridgehead atoms. The lowest BCUT2D eigenvalue weighted by atomic mass is 9.78. The summed E-state index contributed by atoms with van der Waals surface area (Å²) < 4.78 is 9.75. The Balaban J connectivity index is 0. The standard InChI is InChI=1S/C10H20O2.C6H14O4/c1-4-7-8-10(5-2,6-3)9(11)12;7-1-3-9-5-6-10-4-2-8/h4-8H2,1-3H3,(H,11,12);7-8H,1-6H2. The number of carboxylic acid groups (broad SMARTS) is 1. The van der Waals surface area contributed by atoms with Crippen LogP contribution in [0.1, 0.15) is 52.9 Å². The lowest BCUT2D eigenvalue weighted by Crippen LogP contribution is -2.29. The third kappa shape index (κ3) is 11.9. The normalized spacial score (nSPS) is 11.0. The number of hydrogen-bond donors (Lipinski definition) is 3. The van der Waals surface area contributed by atoms with Gasteiger partial charge in [0.1, 0.15) is 0 Å². The summed E-state index contributed by atoms with van der Waals surface area (Å²) in [5.74, 6) is -0.624. The van der Waals surface area contributed by atoms with Crippen LogP contribution in [0.15, 0.2) is 0 Å². The maximum atomic E-state index is 11.0. The Bertz CT molecular complexity index is 233. The molecule has 0 spiro atoms. The summed E-state index contributed by atoms with van der Waals surface area (Å²) in [6.45, 7) is 7.75. The van der Waals surface area contributed by atoms with E-state index in [0.29, 0.717) is 26.4 Å². The number of carbonyl (C=O) groups is 1. The van der Waals surface area contributed by atoms with Crippen LogP contribution in [0.5, 0.6) is 0 Å². The van der Waals surface area contributed by atoms with Crippen LogP contribution in [0.2, 0.25) is 0 Å². The van der Waals surface area contributed by atoms with Gasteiger partial charge in [0.2, 0.25) is 0 Å². The molecule has 6 heteroatoms. The molecule has 22 heavy (non-hydrogen) atoms. The Kier molecular flexibility index (Phi) is 17.9. The zero-order valence-electron chi connectivity index (χ0n) is 14.3. The van der Waals surface area contributed by atoms with Crippen molar-refractivity contribution in [3.05, 3.63) is 0 Å². The summed E-state index contributed by atoms with van der Waals surface area (Å²) in [4.78, 5) is 11.0. The van der Waals surface area contributed by atoms with Crippen molar-refractivity contribution in [3.8, 4) is 0 Å². The van der Waals surface area contributed by atoms with Crippen LogP contribution in [0.4, 0.5) is 0 Å². The van der Waals surface area contributed by atoms with E-state index in [9.17, 15) is 4.79 Å². The second kappa shape index (κ2) is 16.7. The lowest BCUT2D eigenvalue weighted by Gasteiger charge is -2.26. The van der Waals surface area contributed by atoms with E-state index in [1.807, 2.05) is 13.8 Å². The molecular weight excluding hydrogens is 288 g/mol. The number of aliphatic hydroxyl groups is 2. The van der Waals surface area contributed by atoms with Crippen molar-refractivity contribution in [3.63, 3.8) is 0 Å². The first kappa shape index (κ1) is 23.6. The molecule has 0 heterocycles. The summed E-state index contributed by atoms with van der Waals surface area (Å²) in [5, 5.41) is 25.6. The van der Waals surface area contributed by atoms with E-state index in [1.54, 1.807) is 0 Å². The smallest absolute Gasteiger partial charge is 0.309 e. The van der Waals surface area contributed by atoms with Gasteiger partial charge in [0.15, 0.2) is 0 Å². The average molecular weight is 322 g/mol. The molecule has 0 saturated carbocycles. The van der Waals surface area contributed by atoms with Crippen molar-refractivity contribution in [2.45, 2.75) is 52.9 Å². The zero-order chi connectivity index (χ0) is 17.3. The number of carboxylic acids is 1. The minimum Gasteiger partial charge on any atom is -0.481 e. The van der Waals surface area contributed by atoms with Crippen molar-refractivity contribution < 1.29 is 29.6 Å². The van der Waals surface area contributed by atoms with Gasteiger partial charge in [-0.15, -0.1) is 0 Å². The molecule has 0 fully saturated rings. The molecule has 0 aromatic heterocycles. The predicted octanol–water partition coefficient (Wildman–Crippen LogP) is 2.07. The quantitative estimate of drug-likeness (QED) is 0.449. The van der Waals surface area contributed by atoms with Crippen molar-refractivity contribution in [1.29, 1.82) is 0 Å². The van der Waals surface area contributed by atoms with Gasteiger partial charge < -0.3 is 24.8 Å². The predicted molar refractivity (Wildman–Crippen MR) is 86.0 cm³/mol. The number of aliphatic hydroxyl groups excluding tert-OH is 2. The van der Waals surface area contributed by atoms with Crippen molar-refractivity contribution >= 4 is 5.97 Å². The van der Waals surface area contributed by atoms with E-state index in [0.717, 1.165) is 32.1 Å². The lowest BCUT2D eigenvalue weighted by molar-refractivity contribution is -0.150. The van der Waals surface area contributed by atoms with Gasteiger partial charge in [-0.25, -0.2) is 0 Å². The number of ether oxygens (including phenoxy) is 2. The molecule has 0 aliphatic heterocycles. The number of rotatable bonds is 13. The molecule has 0 radical (unpaired) electrons. The largest absolute Gasteiger partial charge is 0.481 e. The van der Waals surface area contributed by atoms with Crippen LogP contribution >= 0.6 is 0 Å². The minimum absolute atomic E-state index is 0.0417. The summed E-state index contributed by atoms with van der Waals surface area (Å²) in [6.07, 6.45) is 4.42. The fraction of sp³-hybridized carbons (Fsp3) is 0.938. The second-order valence-electron chi connectivity index (χ2n) is 5.07. The summed E-state index contributed by atoms with van der Waals surface area (Å²) in [6, 6.07) is 0. The van der Waals surface area contributed by atoms with Crippen LogP contribution in [0, 0.1) is 5.41 Å². The van der Waals surface area contributed by atoms with Gasteiger partial charge in [0.05, 0.1) is 45.1 Å². The van der Waals surface area contributed by atoms with Crippen LogP contribution in [0.3, 0.4) is 0 Å². The zero-order valence-corrected chi connectivity index (χ0v) is 14.3. The maximum absolute atomic E-state index is 11.0. The average Bonchev–Trinajstić information content (AvgIpc) is 2.53. The summed E-state index contributed by atoms with van der Waals surface area (Å²) in [5.41, 5.74) is -0.448. The fourth-order valence-electron chi connectivity index (χ4n) is 1.98. The van der Waals surface area contributed by atoms with E-state index >= 15 is 0 Å². The molecule has 0 aromatic rings. The SMILES string of the molecule is CCCCC(CC)(CC)C(=O)O.OCCOCCOCCO. The first-order chi connectivity index (χ1) is 10.5. The minimum atomic E-state index is -0.624. The number of hydrogen-bond acceptors (Lipinski definition) is 5. The van der Waals surface area contributed by atoms with Crippen LogP contribution in [-0.4, -0.2) is 60.9 Å². The third-order valence-corrected chi connectivity index (χ3v) is 3.66. The third-order valence-electron chi connectivity index (χ3n) is 3.66. The molecule has 3 N–H and O–H groups in total. The Labute approximate surface area is 134 Å². The molecule has 0 amide bonds. The van der Waals surface area contributed by atoms with Gasteiger partial charge in [-0.1, -0.05) is 33.6 Å². The van der Waals surface area contributed by atoms with Gasteiger partial charge in [-0.3, -0.25) is 4.79 Å². The Morgan fingerprint density at radius 1 is 0.909 bits per heavy atom. The highest BCUT2D eigenvalue weighted by atomic mass is 16.5. The van der Waals surface area contributed by atoms with E-state index in [4.69, 9.17) is 24.8 Å². The Hall–Kier alpha value is -0.690. The van der Waals surface area contributed by atoms with E-state index in [1.165, 1.54) is 0 Å². The van der Waals surface area contributed by atoms with Crippen molar-refractivity contribution in [2.24, 2.45) is 5.41 Å². The molecule has 0 aromatic carbocycles. The van der Waals surface area contributed by atoms with Crippen molar-refractivity contribution in [2.75, 3.05) is 39.6 Å². The maximum Gasteiger partial charge on any atom is 0.309 e. The molecule has 0 saturated heterocycles. The van der Waals surface area contributed by atoms with E-state index < -0.39 is 11.4 Å². The molecule has 6 nitrogen and oxygen atoms in total. The molecule has 0 aliphatic carbocycles. The van der Waals surface area contributed by atoms with Gasteiger partial charge in [-0.2, -0.15) is 0 Å². The Morgan fingerprint density at radius 3 is 1.64 bits per heavy atom. The highest BCUT2D eigenvalue weighted by Crippen LogP contribution is 2.32. The monoisotopic (exact) mass is 322 g/mol. The van der Waals surface area contributed by atoms with Gasteiger partial charge in [-0.05, 0) is 19.3 Å². The van der Waals surface area contributed by atoms with Gasteiger partial charge in [0.25, 0.3) is 0 Å². The highest BCUT2D eigenvalue weighted by molar-refractivity contribution is 5.74. The van der Waals surface area contributed by atoms with E-state index in [-0.39, 0.29) is 13.2 Å². The first-order valence-electron chi connectivity index (χ1n) is 8.15. The molecule has 0 atom stereocenters. The topological polar surface area (TPSA) is 96.2 Å². The summed E-state index contributed by atoms with van der Waals surface area (Å²) in [7, 11) is 0. The number of aliphatic carboxylic acids is 1. The van der Waals surface area contributed by atoms with Gasteiger partial charge in [0, 0.05) is 0 Å². The van der Waals surface area contributed by atoms with Crippen LogP contribution in [-0.2, 0) is 14.3 Å². The van der Waals surface area contributed by atoms with Crippen LogP contribution in [0.25, 0.3) is 0 Å². The molecule has 0 unspecified atom stereocenters. The second-order valence-corrected chi connectivity index (χ2v) is 5.07. The van der Waals surface area contributed by atoms with E-state index in [2.05, 4.69) is 6.92 Å². The molecular formula is C16H34O6. The Morgan fingerprint density at radius 2 is 1.36 bits per heavy atom. The van der Waals surface area contributed by atoms with Crippen LogP contribution < -0.4 is 0 Å². The van der Waals surface area contributed by atoms with Gasteiger partial charge >= 0.3 is 5.97 Å². The molecule has 0 aliphatic rings. The highest BCUT2D eigenvalue weighted by Gasteiger charge is 2.33.